The highest BCUT2D eigenvalue weighted by atomic mass is 79.9. The van der Waals surface area contributed by atoms with Crippen molar-refractivity contribution in [3.63, 3.8) is 0 Å². The first-order chi connectivity index (χ1) is 8.54. The lowest BCUT2D eigenvalue weighted by molar-refractivity contribution is 0.659. The van der Waals surface area contributed by atoms with Gasteiger partial charge in [-0.25, -0.2) is 0 Å². The molecule has 0 atom stereocenters. The predicted molar refractivity (Wildman–Crippen MR) is 81.1 cm³/mol. The molecule has 3 rings (SSSR count). The lowest BCUT2D eigenvalue weighted by Gasteiger charge is -2.22. The zero-order valence-corrected chi connectivity index (χ0v) is 12.6. The van der Waals surface area contributed by atoms with Gasteiger partial charge < -0.3 is 0 Å². The summed E-state index contributed by atoms with van der Waals surface area (Å²) in [6, 6.07) is 13.6. The van der Waals surface area contributed by atoms with Crippen LogP contribution in [-0.4, -0.2) is 0 Å². The molecule has 0 N–H and O–H groups in total. The summed E-state index contributed by atoms with van der Waals surface area (Å²) in [6.45, 7) is 6.86. The minimum Gasteiger partial charge on any atom is -0.0613 e. The number of rotatable bonds is 1. The van der Waals surface area contributed by atoms with E-state index in [2.05, 4.69) is 73.1 Å². The van der Waals surface area contributed by atoms with E-state index in [1.165, 1.54) is 27.8 Å². The molecule has 0 heterocycles. The van der Waals surface area contributed by atoms with Gasteiger partial charge >= 0.3 is 0 Å². The van der Waals surface area contributed by atoms with Crippen LogP contribution in [0, 0.1) is 0 Å². The van der Waals surface area contributed by atoms with Gasteiger partial charge in [0.05, 0.1) is 0 Å². The minimum absolute atomic E-state index is 0.111. The molecular formula is C17H17Br. The summed E-state index contributed by atoms with van der Waals surface area (Å²) in [5.41, 5.74) is 7.23. The predicted octanol–water partition coefficient (Wildman–Crippen LogP) is 5.32. The van der Waals surface area contributed by atoms with E-state index in [1.807, 2.05) is 0 Å². The summed E-state index contributed by atoms with van der Waals surface area (Å²) >= 11 is 3.59. The normalized spacial score (nSPS) is 15.3. The third-order valence-electron chi connectivity index (χ3n) is 4.11. The Hall–Kier alpha value is -1.08. The summed E-state index contributed by atoms with van der Waals surface area (Å²) in [5, 5.41) is 0. The number of benzene rings is 2. The van der Waals surface area contributed by atoms with Crippen molar-refractivity contribution in [1.29, 1.82) is 0 Å². The molecule has 0 saturated heterocycles. The van der Waals surface area contributed by atoms with Crippen molar-refractivity contribution >= 4 is 15.9 Å². The van der Waals surface area contributed by atoms with E-state index in [-0.39, 0.29) is 5.41 Å². The van der Waals surface area contributed by atoms with Gasteiger partial charge in [-0.15, -0.1) is 0 Å². The van der Waals surface area contributed by atoms with Gasteiger partial charge in [0, 0.05) is 9.89 Å². The zero-order chi connectivity index (χ0) is 12.9. The lowest BCUT2D eigenvalue weighted by atomic mass is 9.82. The Morgan fingerprint density at radius 3 is 2.22 bits per heavy atom. The smallest absolute Gasteiger partial charge is 0.0178 e. The van der Waals surface area contributed by atoms with Crippen molar-refractivity contribution in [2.75, 3.05) is 0 Å². The molecule has 2 aromatic rings. The molecule has 0 aromatic heterocycles. The van der Waals surface area contributed by atoms with Crippen LogP contribution in [0.3, 0.4) is 0 Å². The van der Waals surface area contributed by atoms with Crippen molar-refractivity contribution in [2.45, 2.75) is 32.6 Å². The van der Waals surface area contributed by atoms with E-state index in [0.29, 0.717) is 0 Å². The molecule has 0 saturated carbocycles. The maximum atomic E-state index is 3.59. The summed E-state index contributed by atoms with van der Waals surface area (Å²) in [7, 11) is 0. The quantitative estimate of drug-likeness (QED) is 0.669. The minimum atomic E-state index is 0.111. The second-order valence-electron chi connectivity index (χ2n) is 5.55. The van der Waals surface area contributed by atoms with Gasteiger partial charge in [-0.1, -0.05) is 61.0 Å². The Morgan fingerprint density at radius 2 is 1.56 bits per heavy atom. The maximum Gasteiger partial charge on any atom is 0.0178 e. The number of halogens is 1. The van der Waals surface area contributed by atoms with E-state index < -0.39 is 0 Å². The van der Waals surface area contributed by atoms with E-state index in [1.54, 1.807) is 0 Å². The van der Waals surface area contributed by atoms with Crippen molar-refractivity contribution in [3.8, 4) is 11.1 Å². The number of aryl methyl sites for hydroxylation is 1. The molecule has 18 heavy (non-hydrogen) atoms. The first-order valence-corrected chi connectivity index (χ1v) is 7.27. The van der Waals surface area contributed by atoms with Gasteiger partial charge in [-0.05, 0) is 46.4 Å². The molecule has 0 unspecified atom stereocenters. The van der Waals surface area contributed by atoms with Crippen molar-refractivity contribution in [1.82, 2.24) is 0 Å². The number of hydrogen-bond acceptors (Lipinski definition) is 0. The number of fused-ring (bicyclic) bond motifs is 3. The highest BCUT2D eigenvalue weighted by molar-refractivity contribution is 9.10. The first kappa shape index (κ1) is 12.0. The molecule has 0 aliphatic heterocycles. The topological polar surface area (TPSA) is 0 Å². The van der Waals surface area contributed by atoms with Gasteiger partial charge in [0.1, 0.15) is 0 Å². The lowest BCUT2D eigenvalue weighted by Crippen LogP contribution is -2.15. The molecule has 0 radical (unpaired) electrons. The van der Waals surface area contributed by atoms with Crippen LogP contribution in [0.5, 0.6) is 0 Å². The van der Waals surface area contributed by atoms with Crippen LogP contribution in [0.15, 0.2) is 40.9 Å². The Balaban J connectivity index is 2.31. The second-order valence-corrected chi connectivity index (χ2v) is 6.46. The molecular weight excluding hydrogens is 284 g/mol. The van der Waals surface area contributed by atoms with E-state index in [4.69, 9.17) is 0 Å². The fourth-order valence-electron chi connectivity index (χ4n) is 2.98. The van der Waals surface area contributed by atoms with Gasteiger partial charge in [0.15, 0.2) is 0 Å². The third kappa shape index (κ3) is 1.57. The fraction of sp³-hybridized carbons (Fsp3) is 0.294. The third-order valence-corrected chi connectivity index (χ3v) is 4.60. The number of hydrogen-bond donors (Lipinski definition) is 0. The van der Waals surface area contributed by atoms with Crippen LogP contribution < -0.4 is 0 Å². The maximum absolute atomic E-state index is 3.59. The average molecular weight is 301 g/mol. The largest absolute Gasteiger partial charge is 0.0613 e. The molecule has 92 valence electrons. The van der Waals surface area contributed by atoms with Gasteiger partial charge in [0.25, 0.3) is 0 Å². The zero-order valence-electron chi connectivity index (χ0n) is 11.0. The molecule has 0 bridgehead atoms. The summed E-state index contributed by atoms with van der Waals surface area (Å²) in [4.78, 5) is 0. The summed E-state index contributed by atoms with van der Waals surface area (Å²) in [5.74, 6) is 0. The molecule has 1 heteroatoms. The average Bonchev–Trinajstić information content (AvgIpc) is 2.58. The second kappa shape index (κ2) is 3.96. The molecule has 0 fully saturated rings. The monoisotopic (exact) mass is 300 g/mol. The van der Waals surface area contributed by atoms with Gasteiger partial charge in [-0.3, -0.25) is 0 Å². The Bertz CT molecular complexity index is 624. The van der Waals surface area contributed by atoms with Crippen molar-refractivity contribution in [3.05, 3.63) is 57.6 Å². The van der Waals surface area contributed by atoms with Crippen LogP contribution >= 0.6 is 15.9 Å². The summed E-state index contributed by atoms with van der Waals surface area (Å²) < 4.78 is 1.16. The first-order valence-electron chi connectivity index (χ1n) is 6.48. The molecule has 0 amide bonds. The van der Waals surface area contributed by atoms with Gasteiger partial charge in [-0.2, -0.15) is 0 Å². The summed E-state index contributed by atoms with van der Waals surface area (Å²) in [6.07, 6.45) is 1.10. The fourth-order valence-corrected chi connectivity index (χ4v) is 3.34. The standard InChI is InChI=1S/C17H17Br/c1-4-11-5-7-13-14-8-6-12(18)10-16(14)17(2,3)15(13)9-11/h5-10H,4H2,1-3H3. The molecule has 2 aromatic carbocycles. The van der Waals surface area contributed by atoms with Crippen molar-refractivity contribution in [2.24, 2.45) is 0 Å². The van der Waals surface area contributed by atoms with E-state index in [0.717, 1.165) is 10.9 Å². The van der Waals surface area contributed by atoms with E-state index in [9.17, 15) is 0 Å². The van der Waals surface area contributed by atoms with Crippen LogP contribution in [0.25, 0.3) is 11.1 Å². The van der Waals surface area contributed by atoms with E-state index >= 15 is 0 Å². The molecule has 0 nitrogen and oxygen atoms in total. The molecule has 1 aliphatic carbocycles. The van der Waals surface area contributed by atoms with Crippen molar-refractivity contribution < 1.29 is 0 Å². The Kier molecular flexibility index (Phi) is 2.63. The van der Waals surface area contributed by atoms with Gasteiger partial charge in [0.2, 0.25) is 0 Å². The highest BCUT2D eigenvalue weighted by Crippen LogP contribution is 2.49. The van der Waals surface area contributed by atoms with Crippen LogP contribution in [0.1, 0.15) is 37.5 Å². The SMILES string of the molecule is CCc1ccc2c(c1)C(C)(C)c1cc(Br)ccc1-2. The molecule has 0 spiro atoms. The highest BCUT2D eigenvalue weighted by Gasteiger charge is 2.35. The van der Waals surface area contributed by atoms with Crippen LogP contribution in [-0.2, 0) is 11.8 Å². The molecule has 1 aliphatic rings. The Morgan fingerprint density at radius 1 is 0.944 bits per heavy atom. The van der Waals surface area contributed by atoms with Crippen LogP contribution in [0.2, 0.25) is 0 Å². The Labute approximate surface area is 117 Å². The van der Waals surface area contributed by atoms with Crippen LogP contribution in [0.4, 0.5) is 0 Å².